The highest BCUT2D eigenvalue weighted by atomic mass is 79.9. The number of rotatable bonds is 4. The van der Waals surface area contributed by atoms with Crippen molar-refractivity contribution in [3.63, 3.8) is 0 Å². The number of hydrogen-bond acceptors (Lipinski definition) is 5. The summed E-state index contributed by atoms with van der Waals surface area (Å²) in [7, 11) is 0. The Balaban J connectivity index is 1.63. The van der Waals surface area contributed by atoms with E-state index >= 15 is 0 Å². The van der Waals surface area contributed by atoms with E-state index < -0.39 is 0 Å². The number of carbonyl (C=O) groups excluding carboxylic acids is 1. The quantitative estimate of drug-likeness (QED) is 0.237. The molecule has 0 saturated heterocycles. The lowest BCUT2D eigenvalue weighted by molar-refractivity contribution is 0.102. The number of nitrogens with zero attached hydrogens (tertiary/aromatic N) is 2. The van der Waals surface area contributed by atoms with Gasteiger partial charge in [0, 0.05) is 20.8 Å². The van der Waals surface area contributed by atoms with Gasteiger partial charge >= 0.3 is 0 Å². The number of halogens is 1. The molecule has 0 unspecified atom stereocenters. The molecule has 6 nitrogen and oxygen atoms in total. The van der Waals surface area contributed by atoms with E-state index in [2.05, 4.69) is 31.1 Å². The number of nitrogens with one attached hydrogen (secondary N) is 2. The molecule has 1 aromatic heterocycles. The van der Waals surface area contributed by atoms with Gasteiger partial charge in [-0.15, -0.1) is 10.2 Å². The summed E-state index contributed by atoms with van der Waals surface area (Å²) in [5, 5.41) is 17.4. The zero-order chi connectivity index (χ0) is 17.8. The average Bonchev–Trinajstić information content (AvgIpc) is 2.95. The third-order valence-electron chi connectivity index (χ3n) is 3.47. The molecule has 126 valence electrons. The first kappa shape index (κ1) is 17.4. The SMILES string of the molecule is N=C(/N=N/c1[nH]c(N)c2ccccc12)SCC(=O)c1ccc(Br)cc1. The van der Waals surface area contributed by atoms with Crippen LogP contribution in [0.15, 0.2) is 63.2 Å². The minimum Gasteiger partial charge on any atom is -0.385 e. The van der Waals surface area contributed by atoms with E-state index in [0.29, 0.717) is 17.2 Å². The lowest BCUT2D eigenvalue weighted by Gasteiger charge is -2.00. The molecule has 2 aromatic carbocycles. The van der Waals surface area contributed by atoms with E-state index in [1.807, 2.05) is 36.4 Å². The van der Waals surface area contributed by atoms with Crippen LogP contribution in [-0.2, 0) is 0 Å². The molecule has 25 heavy (non-hydrogen) atoms. The first-order chi connectivity index (χ1) is 12.0. The van der Waals surface area contributed by atoms with E-state index in [9.17, 15) is 4.79 Å². The fraction of sp³-hybridized carbons (Fsp3) is 0.0588. The van der Waals surface area contributed by atoms with Crippen LogP contribution in [0.3, 0.4) is 0 Å². The number of aromatic nitrogens is 1. The van der Waals surface area contributed by atoms with Gasteiger partial charge in [-0.3, -0.25) is 10.2 Å². The van der Waals surface area contributed by atoms with Crippen molar-refractivity contribution in [2.75, 3.05) is 11.5 Å². The number of fused-ring (bicyclic) bond motifs is 1. The van der Waals surface area contributed by atoms with Crippen LogP contribution < -0.4 is 5.73 Å². The van der Waals surface area contributed by atoms with E-state index in [0.717, 1.165) is 27.0 Å². The Morgan fingerprint density at radius 3 is 2.56 bits per heavy atom. The largest absolute Gasteiger partial charge is 0.385 e. The average molecular weight is 416 g/mol. The highest BCUT2D eigenvalue weighted by Crippen LogP contribution is 2.30. The van der Waals surface area contributed by atoms with Gasteiger partial charge in [0.2, 0.25) is 5.17 Å². The van der Waals surface area contributed by atoms with Gasteiger partial charge in [0.15, 0.2) is 11.6 Å². The van der Waals surface area contributed by atoms with Crippen molar-refractivity contribution in [1.29, 1.82) is 5.41 Å². The molecule has 0 radical (unpaired) electrons. The molecule has 0 fully saturated rings. The highest BCUT2D eigenvalue weighted by molar-refractivity contribution is 9.10. The Kier molecular flexibility index (Phi) is 5.30. The van der Waals surface area contributed by atoms with Crippen molar-refractivity contribution < 1.29 is 4.79 Å². The van der Waals surface area contributed by atoms with Crippen molar-refractivity contribution in [2.45, 2.75) is 0 Å². The number of ketones is 1. The van der Waals surface area contributed by atoms with Gasteiger partial charge in [0.25, 0.3) is 0 Å². The van der Waals surface area contributed by atoms with E-state index in [1.165, 1.54) is 0 Å². The zero-order valence-electron chi connectivity index (χ0n) is 13.0. The Labute approximate surface area is 156 Å². The van der Waals surface area contributed by atoms with Gasteiger partial charge in [-0.05, 0) is 12.1 Å². The number of carbonyl (C=O) groups is 1. The zero-order valence-corrected chi connectivity index (χ0v) is 15.4. The van der Waals surface area contributed by atoms with Crippen LogP contribution in [0.2, 0.25) is 0 Å². The molecule has 0 amide bonds. The van der Waals surface area contributed by atoms with Crippen molar-refractivity contribution in [3.8, 4) is 0 Å². The minimum absolute atomic E-state index is 0.0392. The third-order valence-corrected chi connectivity index (χ3v) is 4.76. The molecule has 8 heteroatoms. The van der Waals surface area contributed by atoms with Crippen LogP contribution in [0.5, 0.6) is 0 Å². The van der Waals surface area contributed by atoms with E-state index in [1.54, 1.807) is 12.1 Å². The van der Waals surface area contributed by atoms with Crippen LogP contribution in [0, 0.1) is 5.41 Å². The summed E-state index contributed by atoms with van der Waals surface area (Å²) in [4.78, 5) is 15.0. The Hall–Kier alpha value is -2.45. The summed E-state index contributed by atoms with van der Waals surface area (Å²) in [6.45, 7) is 0. The van der Waals surface area contributed by atoms with Gasteiger partial charge in [-0.2, -0.15) is 0 Å². The summed E-state index contributed by atoms with van der Waals surface area (Å²) in [5.74, 6) is 1.08. The number of hydrogen-bond donors (Lipinski definition) is 3. The fourth-order valence-corrected chi connectivity index (χ4v) is 3.04. The first-order valence-electron chi connectivity index (χ1n) is 7.32. The van der Waals surface area contributed by atoms with Gasteiger partial charge in [0.1, 0.15) is 5.82 Å². The Morgan fingerprint density at radius 1 is 1.16 bits per heavy atom. The van der Waals surface area contributed by atoms with Crippen LogP contribution in [0.1, 0.15) is 10.4 Å². The van der Waals surface area contributed by atoms with Gasteiger partial charge in [-0.25, -0.2) is 0 Å². The van der Waals surface area contributed by atoms with Gasteiger partial charge < -0.3 is 10.7 Å². The summed E-state index contributed by atoms with van der Waals surface area (Å²) in [5.41, 5.74) is 6.49. The monoisotopic (exact) mass is 415 g/mol. The van der Waals surface area contributed by atoms with Crippen LogP contribution >= 0.6 is 27.7 Å². The Morgan fingerprint density at radius 2 is 1.84 bits per heavy atom. The number of Topliss-reactive ketones (excluding diaryl/α,β-unsaturated/α-hetero) is 1. The molecular weight excluding hydrogens is 402 g/mol. The van der Waals surface area contributed by atoms with Gasteiger partial charge in [0.05, 0.1) is 5.75 Å². The standard InChI is InChI=1S/C17H14BrN5OS/c18-11-7-5-10(6-8-11)14(24)9-25-17(20)23-22-16-13-4-2-1-3-12(13)15(19)21-16/h1-8,20-21H,9,19H2/b20-17?,23-22+. The fourth-order valence-electron chi connectivity index (χ4n) is 2.24. The van der Waals surface area contributed by atoms with Crippen molar-refractivity contribution in [3.05, 3.63) is 58.6 Å². The molecule has 0 aliphatic carbocycles. The maximum absolute atomic E-state index is 12.1. The molecule has 0 atom stereocenters. The molecule has 0 bridgehead atoms. The van der Waals surface area contributed by atoms with E-state index in [-0.39, 0.29) is 16.7 Å². The number of benzene rings is 2. The summed E-state index contributed by atoms with van der Waals surface area (Å²) in [6, 6.07) is 14.6. The van der Waals surface area contributed by atoms with Crippen molar-refractivity contribution in [2.24, 2.45) is 10.2 Å². The van der Waals surface area contributed by atoms with Crippen LogP contribution in [0.4, 0.5) is 11.6 Å². The molecule has 4 N–H and O–H groups in total. The maximum atomic E-state index is 12.1. The molecular formula is C17H14BrN5OS. The predicted octanol–water partition coefficient (Wildman–Crippen LogP) is 5.15. The summed E-state index contributed by atoms with van der Waals surface area (Å²) < 4.78 is 0.913. The van der Waals surface area contributed by atoms with Crippen molar-refractivity contribution >= 4 is 61.1 Å². The number of H-pyrrole nitrogens is 1. The third kappa shape index (κ3) is 4.15. The number of thioether (sulfide) groups is 1. The molecule has 3 aromatic rings. The number of amidine groups is 1. The smallest absolute Gasteiger partial charge is 0.202 e. The highest BCUT2D eigenvalue weighted by Gasteiger charge is 2.09. The minimum atomic E-state index is -0.0629. The molecule has 0 aliphatic rings. The number of aromatic amines is 1. The summed E-state index contributed by atoms with van der Waals surface area (Å²) in [6.07, 6.45) is 0. The second-order valence-electron chi connectivity index (χ2n) is 5.16. The first-order valence-corrected chi connectivity index (χ1v) is 9.10. The molecule has 0 aliphatic heterocycles. The topological polar surface area (TPSA) is 107 Å². The molecule has 3 rings (SSSR count). The van der Waals surface area contributed by atoms with Crippen LogP contribution in [0.25, 0.3) is 10.8 Å². The lowest BCUT2D eigenvalue weighted by atomic mass is 10.2. The lowest BCUT2D eigenvalue weighted by Crippen LogP contribution is -2.03. The second kappa shape index (κ2) is 7.62. The molecule has 0 saturated carbocycles. The molecule has 0 spiro atoms. The Bertz CT molecular complexity index is 965. The van der Waals surface area contributed by atoms with Crippen molar-refractivity contribution in [1.82, 2.24) is 4.98 Å². The second-order valence-corrected chi connectivity index (χ2v) is 7.04. The number of azo groups is 1. The maximum Gasteiger partial charge on any atom is 0.202 e. The van der Waals surface area contributed by atoms with Crippen LogP contribution in [-0.4, -0.2) is 21.7 Å². The normalized spacial score (nSPS) is 11.2. The number of nitrogens with two attached hydrogens (primary N) is 1. The summed E-state index contributed by atoms with van der Waals surface area (Å²) >= 11 is 4.36. The van der Waals surface area contributed by atoms with Gasteiger partial charge in [-0.1, -0.05) is 64.1 Å². The number of anilines is 1. The molecule has 1 heterocycles. The number of nitrogen functional groups attached to an aromatic ring is 1. The predicted molar refractivity (Wildman–Crippen MR) is 106 cm³/mol. The van der Waals surface area contributed by atoms with E-state index in [4.69, 9.17) is 11.1 Å².